The summed E-state index contributed by atoms with van der Waals surface area (Å²) in [6, 6.07) is 5.78. The lowest BCUT2D eigenvalue weighted by Gasteiger charge is -2.35. The van der Waals surface area contributed by atoms with Gasteiger partial charge in [0.2, 0.25) is 10.0 Å². The van der Waals surface area contributed by atoms with Crippen LogP contribution in [-0.2, 0) is 19.6 Å². The van der Waals surface area contributed by atoms with Crippen LogP contribution >= 0.6 is 0 Å². The molecule has 0 radical (unpaired) electrons. The largest absolute Gasteiger partial charge is 0.761 e. The van der Waals surface area contributed by atoms with Crippen LogP contribution in [0, 0.1) is 5.21 Å². The number of aliphatic hydroxyl groups is 1. The molecule has 0 saturated carbocycles. The lowest BCUT2D eigenvalue weighted by molar-refractivity contribution is -0.168. The number of para-hydroxylation sites is 1. The van der Waals surface area contributed by atoms with Gasteiger partial charge in [0.1, 0.15) is 4.90 Å². The van der Waals surface area contributed by atoms with Gasteiger partial charge in [-0.3, -0.25) is 0 Å². The maximum atomic E-state index is 12.6. The highest BCUT2D eigenvalue weighted by atomic mass is 32.2. The Kier molecular flexibility index (Phi) is 5.25. The van der Waals surface area contributed by atoms with E-state index in [0.717, 1.165) is 4.31 Å². The van der Waals surface area contributed by atoms with E-state index in [4.69, 9.17) is 4.74 Å². The molecule has 1 saturated heterocycles. The van der Waals surface area contributed by atoms with Gasteiger partial charge in [0.05, 0.1) is 6.61 Å². The average molecular weight is 343 g/mol. The summed E-state index contributed by atoms with van der Waals surface area (Å²) in [5, 5.41) is 21.2. The maximum absolute atomic E-state index is 12.6. The minimum absolute atomic E-state index is 0.0369. The Morgan fingerprint density at radius 3 is 2.57 bits per heavy atom. The molecule has 0 bridgehead atoms. The molecule has 1 aliphatic heterocycles. The van der Waals surface area contributed by atoms with Crippen LogP contribution in [-0.4, -0.2) is 49.1 Å². The molecule has 0 spiro atoms. The highest BCUT2D eigenvalue weighted by molar-refractivity contribution is 7.89. The van der Waals surface area contributed by atoms with Crippen LogP contribution in [0.5, 0.6) is 0 Å². The van der Waals surface area contributed by atoms with Crippen LogP contribution in [0.4, 0.5) is 5.69 Å². The van der Waals surface area contributed by atoms with Crippen molar-refractivity contribution in [3.63, 3.8) is 0 Å². The number of carbonyl (C=O) groups excluding carboxylic acids is 1. The molecule has 1 fully saturated rings. The number of anilines is 1. The van der Waals surface area contributed by atoms with Gasteiger partial charge in [-0.15, -0.1) is 0 Å². The highest BCUT2D eigenvalue weighted by Crippen LogP contribution is 2.30. The van der Waals surface area contributed by atoms with Gasteiger partial charge in [0, 0.05) is 31.6 Å². The number of ether oxygens (including phenoxy) is 1. The first kappa shape index (κ1) is 17.7. The van der Waals surface area contributed by atoms with Crippen molar-refractivity contribution < 1.29 is 23.1 Å². The highest BCUT2D eigenvalue weighted by Gasteiger charge is 2.43. The maximum Gasteiger partial charge on any atom is 0.338 e. The zero-order chi connectivity index (χ0) is 17.1. The van der Waals surface area contributed by atoms with Crippen molar-refractivity contribution in [1.29, 1.82) is 0 Å². The molecule has 0 unspecified atom stereocenters. The van der Waals surface area contributed by atoms with Crippen LogP contribution in [0.3, 0.4) is 0 Å². The molecular formula is C14H19N2O6S-. The third-order valence-electron chi connectivity index (χ3n) is 3.82. The lowest BCUT2D eigenvalue weighted by atomic mass is 9.93. The standard InChI is InChI=1S/C14H19N2O6S/c1-2-22-13(17)14(18)7-9-16(10-8-14)23(20,21)12-6-4-3-5-11(12)15-19/h3-6,15,18H,2,7-10H2,1H3/q-1. The monoisotopic (exact) mass is 343 g/mol. The van der Waals surface area contributed by atoms with Gasteiger partial charge >= 0.3 is 5.97 Å². The van der Waals surface area contributed by atoms with Crippen LogP contribution in [0.2, 0.25) is 0 Å². The number of piperidine rings is 1. The van der Waals surface area contributed by atoms with Gasteiger partial charge in [-0.1, -0.05) is 12.1 Å². The first-order valence-electron chi connectivity index (χ1n) is 7.22. The van der Waals surface area contributed by atoms with E-state index >= 15 is 0 Å². The minimum atomic E-state index is -3.89. The number of carbonyl (C=O) groups is 1. The van der Waals surface area contributed by atoms with Crippen molar-refractivity contribution in [1.82, 2.24) is 4.31 Å². The van der Waals surface area contributed by atoms with Crippen LogP contribution in [0.15, 0.2) is 29.2 Å². The molecule has 128 valence electrons. The summed E-state index contributed by atoms with van der Waals surface area (Å²) in [5.41, 5.74) is -0.0985. The summed E-state index contributed by atoms with van der Waals surface area (Å²) in [5.74, 6) is -0.737. The molecule has 8 nitrogen and oxygen atoms in total. The first-order chi connectivity index (χ1) is 10.8. The molecule has 1 aromatic carbocycles. The smallest absolute Gasteiger partial charge is 0.338 e. The van der Waals surface area contributed by atoms with Crippen LogP contribution < -0.4 is 5.48 Å². The summed E-state index contributed by atoms with van der Waals surface area (Å²) >= 11 is 0. The number of benzene rings is 1. The molecule has 23 heavy (non-hydrogen) atoms. The van der Waals surface area contributed by atoms with E-state index in [0.29, 0.717) is 0 Å². The number of nitrogens with one attached hydrogen (secondary N) is 1. The second kappa shape index (κ2) is 6.83. The van der Waals surface area contributed by atoms with Crippen molar-refractivity contribution in [2.75, 3.05) is 25.2 Å². The van der Waals surface area contributed by atoms with Gasteiger partial charge < -0.3 is 20.5 Å². The van der Waals surface area contributed by atoms with Gasteiger partial charge in [-0.25, -0.2) is 13.2 Å². The molecule has 1 aliphatic rings. The summed E-state index contributed by atoms with van der Waals surface area (Å²) in [6.45, 7) is 1.70. The summed E-state index contributed by atoms with van der Waals surface area (Å²) < 4.78 is 31.2. The Hall–Kier alpha value is -1.68. The van der Waals surface area contributed by atoms with Gasteiger partial charge in [-0.2, -0.15) is 4.31 Å². The number of hydrogen-bond acceptors (Lipinski definition) is 7. The molecule has 0 amide bonds. The second-order valence-electron chi connectivity index (χ2n) is 5.25. The van der Waals surface area contributed by atoms with Gasteiger partial charge in [-0.05, 0) is 19.1 Å². The van der Waals surface area contributed by atoms with Crippen molar-refractivity contribution >= 4 is 21.7 Å². The SMILES string of the molecule is CCOC(=O)C1(O)CCN(S(=O)(=O)c2ccccc2N[O-])CC1. The van der Waals surface area contributed by atoms with E-state index < -0.39 is 21.6 Å². The number of esters is 1. The summed E-state index contributed by atoms with van der Waals surface area (Å²) in [7, 11) is -3.89. The first-order valence-corrected chi connectivity index (χ1v) is 8.66. The molecule has 1 heterocycles. The van der Waals surface area contributed by atoms with Crippen molar-refractivity contribution in [2.24, 2.45) is 0 Å². The zero-order valence-corrected chi connectivity index (χ0v) is 13.5. The van der Waals surface area contributed by atoms with Gasteiger partial charge in [0.15, 0.2) is 5.60 Å². The summed E-state index contributed by atoms with van der Waals surface area (Å²) in [6.07, 6.45) is -0.115. The zero-order valence-electron chi connectivity index (χ0n) is 12.7. The van der Waals surface area contributed by atoms with Crippen molar-refractivity contribution in [2.45, 2.75) is 30.3 Å². The molecule has 0 aromatic heterocycles. The van der Waals surface area contributed by atoms with Gasteiger partial charge in [0.25, 0.3) is 0 Å². The van der Waals surface area contributed by atoms with E-state index in [1.807, 2.05) is 0 Å². The molecule has 0 atom stereocenters. The fraction of sp³-hybridized carbons (Fsp3) is 0.500. The normalized spacial score (nSPS) is 18.4. The molecule has 2 rings (SSSR count). The van der Waals surface area contributed by atoms with E-state index in [1.165, 1.54) is 18.2 Å². The fourth-order valence-electron chi connectivity index (χ4n) is 2.48. The third-order valence-corrected chi connectivity index (χ3v) is 5.78. The Morgan fingerprint density at radius 2 is 2.00 bits per heavy atom. The van der Waals surface area contributed by atoms with E-state index in [9.17, 15) is 23.5 Å². The van der Waals surface area contributed by atoms with Crippen molar-refractivity contribution in [3.05, 3.63) is 29.5 Å². The topological polar surface area (TPSA) is 119 Å². The number of nitrogens with zero attached hydrogens (tertiary/aromatic N) is 1. The molecule has 1 aromatic rings. The Balaban J connectivity index is 2.17. The van der Waals surface area contributed by atoms with E-state index in [1.54, 1.807) is 18.5 Å². The number of rotatable bonds is 5. The summed E-state index contributed by atoms with van der Waals surface area (Å²) in [4.78, 5) is 11.6. The Morgan fingerprint density at radius 1 is 1.39 bits per heavy atom. The predicted octanol–water partition coefficient (Wildman–Crippen LogP) is 0.675. The Bertz CT molecular complexity index is 668. The fourth-order valence-corrected chi connectivity index (χ4v) is 4.06. The van der Waals surface area contributed by atoms with E-state index in [2.05, 4.69) is 0 Å². The molecule has 0 aliphatic carbocycles. The van der Waals surface area contributed by atoms with Crippen LogP contribution in [0.1, 0.15) is 19.8 Å². The molecule has 9 heteroatoms. The second-order valence-corrected chi connectivity index (χ2v) is 7.16. The predicted molar refractivity (Wildman–Crippen MR) is 83.0 cm³/mol. The minimum Gasteiger partial charge on any atom is -0.761 e. The average Bonchev–Trinajstić information content (AvgIpc) is 2.55. The molecular weight excluding hydrogens is 324 g/mol. The van der Waals surface area contributed by atoms with Crippen LogP contribution in [0.25, 0.3) is 0 Å². The third kappa shape index (κ3) is 3.47. The lowest BCUT2D eigenvalue weighted by Crippen LogP contribution is -2.51. The number of hydrogen-bond donors (Lipinski definition) is 2. The number of sulfonamides is 1. The van der Waals surface area contributed by atoms with E-state index in [-0.39, 0.29) is 43.1 Å². The quantitative estimate of drug-likeness (QED) is 0.596. The van der Waals surface area contributed by atoms with Crippen molar-refractivity contribution in [3.8, 4) is 0 Å². The Labute approximate surface area is 134 Å². The molecule has 2 N–H and O–H groups in total.